The molecule has 2 N–H and O–H groups in total. The first-order valence-electron chi connectivity index (χ1n) is 7.90. The Morgan fingerprint density at radius 1 is 1.04 bits per heavy atom. The van der Waals surface area contributed by atoms with E-state index in [1.54, 1.807) is 24.3 Å². The first kappa shape index (κ1) is 19.5. The molecule has 2 amide bonds. The first-order valence-corrected chi connectivity index (χ1v) is 7.90. The number of benzene rings is 1. The average Bonchev–Trinajstić information content (AvgIpc) is 2.51. The number of carboxylic acids is 1. The van der Waals surface area contributed by atoms with Crippen molar-refractivity contribution in [1.82, 2.24) is 10.6 Å². The molecule has 1 aromatic carbocycles. The number of hydrogen-bond donors (Lipinski definition) is 2. The van der Waals surface area contributed by atoms with Crippen molar-refractivity contribution in [2.75, 3.05) is 13.1 Å². The molecule has 1 rings (SSSR count). The summed E-state index contributed by atoms with van der Waals surface area (Å²) in [5.41, 5.74) is 0.487. The first-order chi connectivity index (χ1) is 11.4. The lowest BCUT2D eigenvalue weighted by molar-refractivity contribution is -0.305. The summed E-state index contributed by atoms with van der Waals surface area (Å²) in [5.74, 6) is -0.955. The molecule has 0 bridgehead atoms. The Bertz CT molecular complexity index is 555. The second kappa shape index (κ2) is 10.3. The minimum Gasteiger partial charge on any atom is -0.550 e. The predicted molar refractivity (Wildman–Crippen MR) is 86.4 cm³/mol. The monoisotopic (exact) mass is 335 g/mol. The molecule has 1 aromatic rings. The van der Waals surface area contributed by atoms with E-state index in [1.165, 1.54) is 0 Å². The van der Waals surface area contributed by atoms with Crippen LogP contribution in [-0.2, 0) is 9.59 Å². The molecule has 0 saturated carbocycles. The molecule has 132 valence electrons. The Morgan fingerprint density at radius 3 is 2.29 bits per heavy atom. The largest absolute Gasteiger partial charge is 0.550 e. The Hall–Kier alpha value is -2.57. The van der Waals surface area contributed by atoms with Gasteiger partial charge in [-0.3, -0.25) is 9.59 Å². The molecule has 0 heterocycles. The van der Waals surface area contributed by atoms with E-state index in [4.69, 9.17) is 4.74 Å². The normalized spacial score (nSPS) is 10.3. The average molecular weight is 335 g/mol. The van der Waals surface area contributed by atoms with Crippen LogP contribution in [0.25, 0.3) is 0 Å². The number of carbonyl (C=O) groups is 3. The van der Waals surface area contributed by atoms with Crippen LogP contribution in [0.4, 0.5) is 0 Å². The molecular formula is C17H23N2O5-. The Balaban J connectivity index is 2.25. The minimum absolute atomic E-state index is 0.0648. The molecule has 0 saturated heterocycles. The van der Waals surface area contributed by atoms with Crippen LogP contribution in [0.2, 0.25) is 0 Å². The number of ether oxygens (including phenoxy) is 1. The van der Waals surface area contributed by atoms with Crippen molar-refractivity contribution in [3.8, 4) is 5.75 Å². The zero-order valence-electron chi connectivity index (χ0n) is 14.0. The van der Waals surface area contributed by atoms with Crippen molar-refractivity contribution in [3.05, 3.63) is 29.8 Å². The summed E-state index contributed by atoms with van der Waals surface area (Å²) in [6, 6.07) is 6.76. The number of rotatable bonds is 10. The highest BCUT2D eigenvalue weighted by Crippen LogP contribution is 2.13. The van der Waals surface area contributed by atoms with Crippen LogP contribution < -0.4 is 20.5 Å². The van der Waals surface area contributed by atoms with Crippen LogP contribution >= 0.6 is 0 Å². The third-order valence-corrected chi connectivity index (χ3v) is 3.01. The molecule has 0 spiro atoms. The van der Waals surface area contributed by atoms with Crippen LogP contribution in [0.1, 0.15) is 43.5 Å². The van der Waals surface area contributed by atoms with E-state index < -0.39 is 5.97 Å². The van der Waals surface area contributed by atoms with Gasteiger partial charge in [-0.15, -0.1) is 0 Å². The van der Waals surface area contributed by atoms with E-state index in [0.717, 1.165) is 0 Å². The van der Waals surface area contributed by atoms with E-state index in [0.29, 0.717) is 17.7 Å². The van der Waals surface area contributed by atoms with Crippen molar-refractivity contribution in [2.24, 2.45) is 0 Å². The number of aliphatic carboxylic acids is 1. The van der Waals surface area contributed by atoms with Crippen LogP contribution in [0.15, 0.2) is 24.3 Å². The molecule has 0 unspecified atom stereocenters. The van der Waals surface area contributed by atoms with Gasteiger partial charge < -0.3 is 25.3 Å². The third-order valence-electron chi connectivity index (χ3n) is 3.01. The van der Waals surface area contributed by atoms with Gasteiger partial charge in [0.2, 0.25) is 5.91 Å². The lowest BCUT2D eigenvalue weighted by Crippen LogP contribution is -2.31. The van der Waals surface area contributed by atoms with E-state index in [-0.39, 0.29) is 43.8 Å². The SMILES string of the molecule is CC(C)Oc1ccc(C(=O)NCCC(=O)NCCCC(=O)[O-])cc1. The fraction of sp³-hybridized carbons (Fsp3) is 0.471. The second-order valence-corrected chi connectivity index (χ2v) is 5.52. The molecule has 7 nitrogen and oxygen atoms in total. The highest BCUT2D eigenvalue weighted by molar-refractivity contribution is 5.94. The smallest absolute Gasteiger partial charge is 0.251 e. The molecule has 0 aliphatic heterocycles. The van der Waals surface area contributed by atoms with Gasteiger partial charge in [-0.2, -0.15) is 0 Å². The standard InChI is InChI=1S/C17H24N2O5/c1-12(2)24-14-7-5-13(6-8-14)17(23)19-11-9-15(20)18-10-3-4-16(21)22/h5-8,12H,3-4,9-11H2,1-2H3,(H,18,20)(H,19,23)(H,21,22)/p-1. The second-order valence-electron chi connectivity index (χ2n) is 5.52. The maximum Gasteiger partial charge on any atom is 0.251 e. The van der Waals surface area contributed by atoms with Gasteiger partial charge in [0.05, 0.1) is 6.10 Å². The number of nitrogens with one attached hydrogen (secondary N) is 2. The fourth-order valence-electron chi connectivity index (χ4n) is 1.90. The summed E-state index contributed by atoms with van der Waals surface area (Å²) in [4.78, 5) is 33.7. The van der Waals surface area contributed by atoms with Gasteiger partial charge in [0.25, 0.3) is 5.91 Å². The number of carbonyl (C=O) groups excluding carboxylic acids is 3. The van der Waals surface area contributed by atoms with E-state index in [2.05, 4.69) is 10.6 Å². The zero-order valence-corrected chi connectivity index (χ0v) is 14.0. The van der Waals surface area contributed by atoms with Gasteiger partial charge >= 0.3 is 0 Å². The maximum absolute atomic E-state index is 11.9. The quantitative estimate of drug-likeness (QED) is 0.596. The third kappa shape index (κ3) is 8.17. The zero-order chi connectivity index (χ0) is 17.9. The lowest BCUT2D eigenvalue weighted by atomic mass is 10.2. The Kier molecular flexibility index (Phi) is 8.32. The molecule has 24 heavy (non-hydrogen) atoms. The van der Waals surface area contributed by atoms with Gasteiger partial charge in [-0.1, -0.05) is 0 Å². The van der Waals surface area contributed by atoms with Gasteiger partial charge in [0, 0.05) is 31.0 Å². The molecule has 0 radical (unpaired) electrons. The summed E-state index contributed by atoms with van der Waals surface area (Å²) in [6.07, 6.45) is 0.430. The van der Waals surface area contributed by atoms with E-state index in [9.17, 15) is 19.5 Å². The van der Waals surface area contributed by atoms with Gasteiger partial charge in [0.15, 0.2) is 0 Å². The highest BCUT2D eigenvalue weighted by atomic mass is 16.5. The summed E-state index contributed by atoms with van der Waals surface area (Å²) in [7, 11) is 0. The Morgan fingerprint density at radius 2 is 1.71 bits per heavy atom. The molecule has 0 atom stereocenters. The molecule has 0 aromatic heterocycles. The molecular weight excluding hydrogens is 312 g/mol. The summed E-state index contributed by atoms with van der Waals surface area (Å²) >= 11 is 0. The van der Waals surface area contributed by atoms with Gasteiger partial charge in [0.1, 0.15) is 5.75 Å². The number of hydrogen-bond acceptors (Lipinski definition) is 5. The highest BCUT2D eigenvalue weighted by Gasteiger charge is 2.07. The number of amides is 2. The van der Waals surface area contributed by atoms with Crippen molar-refractivity contribution in [1.29, 1.82) is 0 Å². The fourth-order valence-corrected chi connectivity index (χ4v) is 1.90. The van der Waals surface area contributed by atoms with E-state index >= 15 is 0 Å². The van der Waals surface area contributed by atoms with Crippen molar-refractivity contribution < 1.29 is 24.2 Å². The Labute approximate surface area is 141 Å². The summed E-state index contributed by atoms with van der Waals surface area (Å²) < 4.78 is 5.50. The van der Waals surface area contributed by atoms with Crippen LogP contribution in [0.5, 0.6) is 5.75 Å². The van der Waals surface area contributed by atoms with Gasteiger partial charge in [-0.25, -0.2) is 0 Å². The van der Waals surface area contributed by atoms with Crippen LogP contribution in [0, 0.1) is 0 Å². The summed E-state index contributed by atoms with van der Waals surface area (Å²) in [5, 5.41) is 15.5. The van der Waals surface area contributed by atoms with Gasteiger partial charge in [-0.05, 0) is 51.0 Å². The topological polar surface area (TPSA) is 108 Å². The molecule has 0 fully saturated rings. The predicted octanol–water partition coefficient (Wildman–Crippen LogP) is 0.240. The molecule has 7 heteroatoms. The molecule has 0 aliphatic rings. The van der Waals surface area contributed by atoms with Crippen LogP contribution in [0.3, 0.4) is 0 Å². The summed E-state index contributed by atoms with van der Waals surface area (Å²) in [6.45, 7) is 4.32. The maximum atomic E-state index is 11.9. The van der Waals surface area contributed by atoms with Crippen molar-refractivity contribution in [3.63, 3.8) is 0 Å². The lowest BCUT2D eigenvalue weighted by Gasteiger charge is -2.10. The minimum atomic E-state index is -1.14. The van der Waals surface area contributed by atoms with Crippen LogP contribution in [-0.4, -0.2) is 37.0 Å². The van der Waals surface area contributed by atoms with Crippen molar-refractivity contribution in [2.45, 2.75) is 39.2 Å². The number of carboxylic acid groups (broad SMARTS) is 1. The molecule has 0 aliphatic carbocycles. The van der Waals surface area contributed by atoms with E-state index in [1.807, 2.05) is 13.8 Å². The van der Waals surface area contributed by atoms with Crippen molar-refractivity contribution >= 4 is 17.8 Å².